The molecular formula is C12H9ClF2N4S2. The van der Waals surface area contributed by atoms with Crippen LogP contribution < -0.4 is 0 Å². The van der Waals surface area contributed by atoms with E-state index in [0.29, 0.717) is 5.71 Å². The molecule has 3 rings (SSSR count). The highest BCUT2D eigenvalue weighted by Gasteiger charge is 2.37. The molecule has 3 heterocycles. The SMILES string of the molecule is CC1=Nn2c(nnc2C(F)(F)Cl)SC1=Cc1ccc(C)s1. The third-order valence-corrected chi connectivity index (χ3v) is 4.90. The zero-order valence-electron chi connectivity index (χ0n) is 11.0. The van der Waals surface area contributed by atoms with Gasteiger partial charge in [-0.15, -0.1) is 21.5 Å². The molecule has 0 aromatic carbocycles. The first kappa shape index (κ1) is 14.7. The minimum absolute atomic E-state index is 0.274. The van der Waals surface area contributed by atoms with Crippen LogP contribution in [0.4, 0.5) is 8.78 Å². The molecule has 0 bridgehead atoms. The third-order valence-electron chi connectivity index (χ3n) is 2.71. The van der Waals surface area contributed by atoms with Crippen molar-refractivity contribution in [2.24, 2.45) is 5.10 Å². The van der Waals surface area contributed by atoms with Crippen molar-refractivity contribution in [3.8, 4) is 0 Å². The van der Waals surface area contributed by atoms with Gasteiger partial charge in [-0.1, -0.05) is 0 Å². The van der Waals surface area contributed by atoms with Crippen LogP contribution in [0.2, 0.25) is 0 Å². The normalized spacial score (nSPS) is 17.0. The van der Waals surface area contributed by atoms with Crippen molar-refractivity contribution in [2.75, 3.05) is 0 Å². The van der Waals surface area contributed by atoms with Crippen molar-refractivity contribution in [3.63, 3.8) is 0 Å². The number of nitrogens with zero attached hydrogens (tertiary/aromatic N) is 4. The second-order valence-electron chi connectivity index (χ2n) is 4.36. The van der Waals surface area contributed by atoms with E-state index in [1.54, 1.807) is 18.3 Å². The van der Waals surface area contributed by atoms with Crippen LogP contribution in [0, 0.1) is 6.92 Å². The largest absolute Gasteiger partial charge is 0.383 e. The van der Waals surface area contributed by atoms with Crippen LogP contribution >= 0.6 is 34.7 Å². The summed E-state index contributed by atoms with van der Waals surface area (Å²) in [6.07, 6.45) is 1.96. The molecule has 0 saturated carbocycles. The number of alkyl halides is 3. The summed E-state index contributed by atoms with van der Waals surface area (Å²) in [7, 11) is 0. The Kier molecular flexibility index (Phi) is 3.62. The Labute approximate surface area is 132 Å². The van der Waals surface area contributed by atoms with Crippen molar-refractivity contribution >= 4 is 46.5 Å². The lowest BCUT2D eigenvalue weighted by atomic mass is 10.3. The highest BCUT2D eigenvalue weighted by Crippen LogP contribution is 2.38. The van der Waals surface area contributed by atoms with E-state index in [-0.39, 0.29) is 5.16 Å². The fraction of sp³-hybridized carbons (Fsp3) is 0.250. The van der Waals surface area contributed by atoms with E-state index >= 15 is 0 Å². The number of hydrogen-bond acceptors (Lipinski definition) is 5. The molecule has 21 heavy (non-hydrogen) atoms. The standard InChI is InChI=1S/C12H9ClF2N4S2/c1-6-3-4-8(20-6)5-9-7(2)18-19-10(12(13,14)15)16-17-11(19)21-9/h3-5H,1-2H3. The van der Waals surface area contributed by atoms with Crippen LogP contribution in [0.3, 0.4) is 0 Å². The lowest BCUT2D eigenvalue weighted by Crippen LogP contribution is -2.15. The van der Waals surface area contributed by atoms with Crippen LogP contribution in [0.1, 0.15) is 22.5 Å². The molecule has 0 spiro atoms. The van der Waals surface area contributed by atoms with Gasteiger partial charge in [0.25, 0.3) is 0 Å². The average Bonchev–Trinajstić information content (AvgIpc) is 2.95. The van der Waals surface area contributed by atoms with Gasteiger partial charge in [-0.2, -0.15) is 18.6 Å². The molecule has 0 radical (unpaired) electrons. The molecule has 0 unspecified atom stereocenters. The lowest BCUT2D eigenvalue weighted by molar-refractivity contribution is 0.0799. The van der Waals surface area contributed by atoms with Gasteiger partial charge in [-0.05, 0) is 55.4 Å². The van der Waals surface area contributed by atoms with E-state index in [0.717, 1.165) is 14.5 Å². The Balaban J connectivity index is 2.00. The monoisotopic (exact) mass is 346 g/mol. The first-order valence-electron chi connectivity index (χ1n) is 5.89. The highest BCUT2D eigenvalue weighted by molar-refractivity contribution is 8.04. The fourth-order valence-electron chi connectivity index (χ4n) is 1.76. The number of hydrogen-bond donors (Lipinski definition) is 0. The summed E-state index contributed by atoms with van der Waals surface area (Å²) in [5, 5.41) is 7.94. The quantitative estimate of drug-likeness (QED) is 0.761. The molecule has 4 nitrogen and oxygen atoms in total. The lowest BCUT2D eigenvalue weighted by Gasteiger charge is -2.14. The van der Waals surface area contributed by atoms with Crippen LogP contribution in [0.5, 0.6) is 0 Å². The number of thioether (sulfide) groups is 1. The number of aromatic nitrogens is 3. The topological polar surface area (TPSA) is 43.1 Å². The van der Waals surface area contributed by atoms with E-state index in [2.05, 4.69) is 15.3 Å². The molecule has 9 heteroatoms. The number of thiophene rings is 1. The summed E-state index contributed by atoms with van der Waals surface area (Å²) in [6.45, 7) is 3.77. The zero-order chi connectivity index (χ0) is 15.2. The van der Waals surface area contributed by atoms with Crippen molar-refractivity contribution < 1.29 is 8.78 Å². The van der Waals surface area contributed by atoms with E-state index in [1.165, 1.54) is 16.6 Å². The molecule has 0 saturated heterocycles. The Bertz CT molecular complexity index is 758. The minimum atomic E-state index is -3.60. The number of fused-ring (bicyclic) bond motifs is 1. The molecule has 0 amide bonds. The van der Waals surface area contributed by atoms with Gasteiger partial charge in [0.05, 0.1) is 5.71 Å². The van der Waals surface area contributed by atoms with Gasteiger partial charge in [-0.3, -0.25) is 0 Å². The molecule has 0 aliphatic carbocycles. The maximum absolute atomic E-state index is 13.2. The van der Waals surface area contributed by atoms with Gasteiger partial charge >= 0.3 is 5.38 Å². The summed E-state index contributed by atoms with van der Waals surface area (Å²) in [5.41, 5.74) is 0.612. The first-order chi connectivity index (χ1) is 9.84. The molecule has 1 aliphatic heterocycles. The number of rotatable bonds is 2. The van der Waals surface area contributed by atoms with Gasteiger partial charge in [0.15, 0.2) is 0 Å². The van der Waals surface area contributed by atoms with Crippen LogP contribution in [-0.4, -0.2) is 20.6 Å². The first-order valence-corrected chi connectivity index (χ1v) is 7.90. The Hall–Kier alpha value is -1.25. The summed E-state index contributed by atoms with van der Waals surface area (Å²) in [6, 6.07) is 4.02. The molecular weight excluding hydrogens is 338 g/mol. The molecule has 2 aromatic rings. The van der Waals surface area contributed by atoms with E-state index in [1.807, 2.05) is 25.1 Å². The van der Waals surface area contributed by atoms with E-state index in [9.17, 15) is 8.78 Å². The van der Waals surface area contributed by atoms with Crippen molar-refractivity contribution in [2.45, 2.75) is 24.4 Å². The van der Waals surface area contributed by atoms with Gasteiger partial charge in [0.1, 0.15) is 0 Å². The van der Waals surface area contributed by atoms with Gasteiger partial charge in [0, 0.05) is 14.7 Å². The minimum Gasteiger partial charge on any atom is -0.184 e. The maximum atomic E-state index is 13.2. The Morgan fingerprint density at radius 2 is 2.05 bits per heavy atom. The van der Waals surface area contributed by atoms with Crippen molar-refractivity contribution in [1.82, 2.24) is 14.9 Å². The predicted molar refractivity (Wildman–Crippen MR) is 81.2 cm³/mol. The average molecular weight is 347 g/mol. The second kappa shape index (κ2) is 5.19. The summed E-state index contributed by atoms with van der Waals surface area (Å²) in [4.78, 5) is 3.12. The number of halogens is 3. The molecule has 0 fully saturated rings. The van der Waals surface area contributed by atoms with Crippen molar-refractivity contribution in [3.05, 3.63) is 32.6 Å². The summed E-state index contributed by atoms with van der Waals surface area (Å²) in [5.74, 6) is -0.669. The zero-order valence-corrected chi connectivity index (χ0v) is 13.4. The second-order valence-corrected chi connectivity index (χ2v) is 7.16. The van der Waals surface area contributed by atoms with E-state index < -0.39 is 11.2 Å². The molecule has 110 valence electrons. The highest BCUT2D eigenvalue weighted by atomic mass is 35.5. The van der Waals surface area contributed by atoms with Crippen LogP contribution in [-0.2, 0) is 5.38 Å². The summed E-state index contributed by atoms with van der Waals surface area (Å²) < 4.78 is 27.4. The number of aryl methyl sites for hydroxylation is 1. The molecule has 2 aromatic heterocycles. The van der Waals surface area contributed by atoms with Crippen LogP contribution in [0.15, 0.2) is 27.3 Å². The summed E-state index contributed by atoms with van der Waals surface area (Å²) >= 11 is 7.89. The molecule has 0 N–H and O–H groups in total. The molecule has 1 aliphatic rings. The molecule has 0 atom stereocenters. The Morgan fingerprint density at radius 3 is 2.67 bits per heavy atom. The van der Waals surface area contributed by atoms with Crippen LogP contribution in [0.25, 0.3) is 6.08 Å². The van der Waals surface area contributed by atoms with E-state index in [4.69, 9.17) is 11.6 Å². The fourth-order valence-corrected chi connectivity index (χ4v) is 3.64. The smallest absolute Gasteiger partial charge is 0.184 e. The van der Waals surface area contributed by atoms with Gasteiger partial charge < -0.3 is 0 Å². The van der Waals surface area contributed by atoms with Gasteiger partial charge in [-0.25, -0.2) is 0 Å². The predicted octanol–water partition coefficient (Wildman–Crippen LogP) is 4.31. The van der Waals surface area contributed by atoms with Gasteiger partial charge in [0.2, 0.25) is 11.0 Å². The maximum Gasteiger partial charge on any atom is 0.383 e. The third kappa shape index (κ3) is 2.88. The Morgan fingerprint density at radius 1 is 1.29 bits per heavy atom. The van der Waals surface area contributed by atoms with Crippen molar-refractivity contribution in [1.29, 1.82) is 0 Å². The number of allylic oxidation sites excluding steroid dienone is 1.